The number of carbonyl (C=O) groups excluding carboxylic acids is 4. The lowest BCUT2D eigenvalue weighted by atomic mass is 10.0. The van der Waals surface area contributed by atoms with Crippen LogP contribution in [0.2, 0.25) is 0 Å². The molecule has 1 aromatic carbocycles. The van der Waals surface area contributed by atoms with Crippen LogP contribution in [0.4, 0.5) is 0 Å². The summed E-state index contributed by atoms with van der Waals surface area (Å²) in [5, 5.41) is 9.98. The van der Waals surface area contributed by atoms with E-state index in [0.29, 0.717) is 5.56 Å². The van der Waals surface area contributed by atoms with E-state index in [1.165, 1.54) is 32.4 Å². The lowest BCUT2D eigenvalue weighted by Crippen LogP contribution is -2.58. The number of methoxy groups -OCH3 is 2. The number of phenolic OH excluding ortho intramolecular Hbond substituents is 1. The molecule has 1 fully saturated rings. The Kier molecular flexibility index (Phi) is 9.25. The van der Waals surface area contributed by atoms with Gasteiger partial charge in [0, 0.05) is 26.8 Å². The van der Waals surface area contributed by atoms with Gasteiger partial charge in [0.1, 0.15) is 0 Å². The minimum Gasteiger partial charge on any atom is -0.502 e. The molecule has 0 aromatic heterocycles. The monoisotopic (exact) mass is 482 g/mol. The van der Waals surface area contributed by atoms with Crippen LogP contribution in [0, 0.1) is 0 Å². The molecule has 0 saturated carbocycles. The van der Waals surface area contributed by atoms with E-state index in [1.54, 1.807) is 0 Å². The van der Waals surface area contributed by atoms with Crippen molar-refractivity contribution < 1.29 is 57.4 Å². The number of ether oxygens (including phenoxy) is 7. The first-order chi connectivity index (χ1) is 16.0. The van der Waals surface area contributed by atoms with Crippen LogP contribution in [-0.2, 0) is 42.9 Å². The lowest BCUT2D eigenvalue weighted by Gasteiger charge is -2.39. The zero-order valence-electron chi connectivity index (χ0n) is 19.3. The van der Waals surface area contributed by atoms with Crippen LogP contribution in [0.3, 0.4) is 0 Å². The van der Waals surface area contributed by atoms with Gasteiger partial charge in [-0.15, -0.1) is 0 Å². The van der Waals surface area contributed by atoms with Crippen molar-refractivity contribution in [3.05, 3.63) is 23.8 Å². The number of hydrogen-bond acceptors (Lipinski definition) is 12. The standard InChI is InChI=1S/C22H26O12/c1-11(23)31-17-10-30-22(21(33-13(3)25)20(17)32-12(2)24)34-18(26)7-6-14-8-15(28-4)19(27)16(9-14)29-5/h6-9,17,20-22,27H,10H2,1-5H3/b7-6+/t17-,20+,21-,22+/m1/s1. The van der Waals surface area contributed by atoms with Crippen molar-refractivity contribution in [2.24, 2.45) is 0 Å². The zero-order chi connectivity index (χ0) is 25.4. The highest BCUT2D eigenvalue weighted by atomic mass is 16.7. The van der Waals surface area contributed by atoms with Gasteiger partial charge in [-0.2, -0.15) is 0 Å². The van der Waals surface area contributed by atoms with E-state index in [1.807, 2.05) is 0 Å². The molecule has 186 valence electrons. The summed E-state index contributed by atoms with van der Waals surface area (Å²) < 4.78 is 36.3. The molecule has 0 radical (unpaired) electrons. The molecule has 1 aliphatic heterocycles. The first kappa shape index (κ1) is 26.5. The van der Waals surface area contributed by atoms with Crippen molar-refractivity contribution >= 4 is 30.0 Å². The molecule has 0 spiro atoms. The normalized spacial score (nSPS) is 21.9. The minimum absolute atomic E-state index is 0.124. The summed E-state index contributed by atoms with van der Waals surface area (Å²) >= 11 is 0. The van der Waals surface area contributed by atoms with Gasteiger partial charge in [-0.1, -0.05) is 0 Å². The van der Waals surface area contributed by atoms with E-state index in [4.69, 9.17) is 33.2 Å². The number of rotatable bonds is 8. The van der Waals surface area contributed by atoms with Crippen LogP contribution in [0.25, 0.3) is 6.08 Å². The average Bonchev–Trinajstić information content (AvgIpc) is 2.75. The highest BCUT2D eigenvalue weighted by Gasteiger charge is 2.48. The van der Waals surface area contributed by atoms with Gasteiger partial charge >= 0.3 is 23.9 Å². The maximum atomic E-state index is 12.4. The second kappa shape index (κ2) is 11.9. The Hall–Kier alpha value is -3.80. The number of benzene rings is 1. The summed E-state index contributed by atoms with van der Waals surface area (Å²) in [6.45, 7) is 3.08. The fourth-order valence-electron chi connectivity index (χ4n) is 3.14. The minimum atomic E-state index is -1.46. The molecule has 4 atom stereocenters. The predicted octanol–water partition coefficient (Wildman–Crippen LogP) is 1.12. The quantitative estimate of drug-likeness (QED) is 0.321. The topological polar surface area (TPSA) is 153 Å². The van der Waals surface area contributed by atoms with Crippen LogP contribution in [0.5, 0.6) is 17.2 Å². The smallest absolute Gasteiger partial charge is 0.333 e. The summed E-state index contributed by atoms with van der Waals surface area (Å²) in [4.78, 5) is 47.1. The predicted molar refractivity (Wildman–Crippen MR) is 113 cm³/mol. The third-order valence-corrected chi connectivity index (χ3v) is 4.45. The Morgan fingerprint density at radius 1 is 0.882 bits per heavy atom. The number of phenols is 1. The molecule has 0 aliphatic carbocycles. The van der Waals surface area contributed by atoms with Gasteiger partial charge in [0.2, 0.25) is 18.1 Å². The summed E-state index contributed by atoms with van der Waals surface area (Å²) in [5.74, 6) is -3.03. The van der Waals surface area contributed by atoms with Gasteiger partial charge in [-0.25, -0.2) is 4.79 Å². The molecule has 12 nitrogen and oxygen atoms in total. The molecular weight excluding hydrogens is 456 g/mol. The van der Waals surface area contributed by atoms with E-state index < -0.39 is 48.5 Å². The molecule has 12 heteroatoms. The molecule has 0 unspecified atom stereocenters. The lowest BCUT2D eigenvalue weighted by molar-refractivity contribution is -0.272. The van der Waals surface area contributed by atoms with E-state index in [2.05, 4.69) is 0 Å². The first-order valence-electron chi connectivity index (χ1n) is 10.0. The maximum absolute atomic E-state index is 12.4. The largest absolute Gasteiger partial charge is 0.502 e. The Balaban J connectivity index is 2.22. The number of carbonyl (C=O) groups is 4. The SMILES string of the molecule is COc1cc(/C=C/C(=O)O[C@@H]2OC[C@@H](OC(C)=O)[C@H](OC(C)=O)[C@H]2OC(C)=O)cc(OC)c1O. The Morgan fingerprint density at radius 3 is 1.91 bits per heavy atom. The van der Waals surface area contributed by atoms with Crippen LogP contribution in [0.1, 0.15) is 26.3 Å². The molecular formula is C22H26O12. The highest BCUT2D eigenvalue weighted by molar-refractivity contribution is 5.87. The number of aromatic hydroxyl groups is 1. The maximum Gasteiger partial charge on any atom is 0.333 e. The number of esters is 4. The third-order valence-electron chi connectivity index (χ3n) is 4.45. The van der Waals surface area contributed by atoms with E-state index in [0.717, 1.165) is 26.8 Å². The Labute approximate surface area is 195 Å². The fraction of sp³-hybridized carbons (Fsp3) is 0.455. The van der Waals surface area contributed by atoms with Crippen molar-refractivity contribution in [1.29, 1.82) is 0 Å². The second-order valence-corrected chi connectivity index (χ2v) is 7.04. The van der Waals surface area contributed by atoms with Gasteiger partial charge in [0.15, 0.2) is 23.7 Å². The average molecular weight is 482 g/mol. The van der Waals surface area contributed by atoms with Gasteiger partial charge < -0.3 is 38.3 Å². The van der Waals surface area contributed by atoms with Gasteiger partial charge in [0.05, 0.1) is 20.8 Å². The van der Waals surface area contributed by atoms with Crippen molar-refractivity contribution in [2.45, 2.75) is 45.4 Å². The summed E-state index contributed by atoms with van der Waals surface area (Å²) in [6.07, 6.45) is -2.80. The summed E-state index contributed by atoms with van der Waals surface area (Å²) in [6, 6.07) is 2.92. The van der Waals surface area contributed by atoms with Crippen molar-refractivity contribution in [1.82, 2.24) is 0 Å². The van der Waals surface area contributed by atoms with Gasteiger partial charge in [0.25, 0.3) is 0 Å². The molecule has 34 heavy (non-hydrogen) atoms. The zero-order valence-corrected chi connectivity index (χ0v) is 19.3. The van der Waals surface area contributed by atoms with Crippen LogP contribution >= 0.6 is 0 Å². The van der Waals surface area contributed by atoms with E-state index in [9.17, 15) is 24.3 Å². The van der Waals surface area contributed by atoms with E-state index in [-0.39, 0.29) is 23.9 Å². The number of hydrogen-bond donors (Lipinski definition) is 1. The fourth-order valence-corrected chi connectivity index (χ4v) is 3.14. The molecule has 1 aliphatic rings. The van der Waals surface area contributed by atoms with E-state index >= 15 is 0 Å². The van der Waals surface area contributed by atoms with Gasteiger partial charge in [-0.3, -0.25) is 14.4 Å². The van der Waals surface area contributed by atoms with Gasteiger partial charge in [-0.05, 0) is 23.8 Å². The Morgan fingerprint density at radius 2 is 1.41 bits per heavy atom. The summed E-state index contributed by atoms with van der Waals surface area (Å²) in [5.41, 5.74) is 0.442. The first-order valence-corrected chi connectivity index (χ1v) is 10.0. The van der Waals surface area contributed by atoms with Crippen molar-refractivity contribution in [3.8, 4) is 17.2 Å². The van der Waals surface area contributed by atoms with Crippen molar-refractivity contribution in [3.63, 3.8) is 0 Å². The molecule has 0 bridgehead atoms. The second-order valence-electron chi connectivity index (χ2n) is 7.04. The van der Waals surface area contributed by atoms with Crippen LogP contribution in [0.15, 0.2) is 18.2 Å². The molecule has 1 saturated heterocycles. The van der Waals surface area contributed by atoms with Crippen LogP contribution in [-0.4, -0.2) is 74.4 Å². The highest BCUT2D eigenvalue weighted by Crippen LogP contribution is 2.37. The van der Waals surface area contributed by atoms with Crippen LogP contribution < -0.4 is 9.47 Å². The molecule has 1 aromatic rings. The molecule has 2 rings (SSSR count). The molecule has 0 amide bonds. The molecule has 1 heterocycles. The summed E-state index contributed by atoms with van der Waals surface area (Å²) in [7, 11) is 2.71. The molecule has 1 N–H and O–H groups in total. The third kappa shape index (κ3) is 7.10. The Bertz CT molecular complexity index is 928. The van der Waals surface area contributed by atoms with Crippen molar-refractivity contribution in [2.75, 3.05) is 20.8 Å².